The van der Waals surface area contributed by atoms with Crippen molar-refractivity contribution in [1.29, 1.82) is 0 Å². The molecule has 1 unspecified atom stereocenters. The average Bonchev–Trinajstić information content (AvgIpc) is 3.32. The summed E-state index contributed by atoms with van der Waals surface area (Å²) in [6.07, 6.45) is 1.20. The van der Waals surface area contributed by atoms with Crippen LogP contribution >= 0.6 is 23.5 Å². The van der Waals surface area contributed by atoms with Crippen LogP contribution in [-0.4, -0.2) is 219 Å². The lowest BCUT2D eigenvalue weighted by atomic mass is 9.85. The van der Waals surface area contributed by atoms with Gasteiger partial charge in [0.15, 0.2) is 0 Å². The van der Waals surface area contributed by atoms with Gasteiger partial charge in [0.05, 0.1) is 37.6 Å². The van der Waals surface area contributed by atoms with Gasteiger partial charge < -0.3 is 47.6 Å². The molecule has 0 aromatic carbocycles. The highest BCUT2D eigenvalue weighted by Crippen LogP contribution is 2.25. The normalized spacial score (nSPS) is 18.2. The van der Waals surface area contributed by atoms with Gasteiger partial charge in [-0.25, -0.2) is 0 Å². The Morgan fingerprint density at radius 3 is 1.58 bits per heavy atom. The number of nitrogens with two attached hydrogens (primary N) is 2. The van der Waals surface area contributed by atoms with E-state index in [0.717, 1.165) is 17.8 Å². The largest absolute Gasteiger partial charge is 0.480 e. The molecule has 4 atom stereocenters. The molecule has 1 aromatic heterocycles. The molecule has 2 aliphatic heterocycles. The fourth-order valence-electron chi connectivity index (χ4n) is 8.39. The van der Waals surface area contributed by atoms with Crippen LogP contribution in [0.1, 0.15) is 78.1 Å². The van der Waals surface area contributed by atoms with Gasteiger partial charge in [-0.05, 0) is 43.2 Å². The first-order valence-electron chi connectivity index (χ1n) is 24.9. The highest BCUT2D eigenvalue weighted by molar-refractivity contribution is 7.98. The van der Waals surface area contributed by atoms with Crippen molar-refractivity contribution < 1.29 is 58.5 Å². The van der Waals surface area contributed by atoms with E-state index in [2.05, 4.69) is 16.0 Å². The minimum absolute atomic E-state index is 0.00948. The standard InChI is InChI=1S/C48H79N11O12S2/c1-6-33(4)34(5)46(70)52-38(45(50)69)31-73-30-36-9-7-8-35(51-36)29-72-23-10-39(60)54-48(47(71)53-37(44(49)68)24-32(2)3)11-13-59(14-12-48)40(61)25-55-15-17-56(26-41(62)63)19-21-58(28-43(66)67)22-20-57(18-16-55)27-42(64)65/h7-9,32-34,37-38H,6,10-31H2,1-5H3,(H2,49,68)(H2,50,69)(H,52,70)(H,53,71)(H,54,60)(H,62,63)(H,64,65)(H,66,67)/t33-,34-,37?,38-/m0/s1. The molecule has 3 heterocycles. The number of aromatic nitrogens is 1. The van der Waals surface area contributed by atoms with Gasteiger partial charge in [0.25, 0.3) is 0 Å². The summed E-state index contributed by atoms with van der Waals surface area (Å²) in [6, 6.07) is 3.78. The van der Waals surface area contributed by atoms with Crippen LogP contribution < -0.4 is 27.4 Å². The van der Waals surface area contributed by atoms with Crippen molar-refractivity contribution in [2.45, 2.75) is 95.9 Å². The molecule has 73 heavy (non-hydrogen) atoms. The third-order valence-electron chi connectivity index (χ3n) is 13.2. The molecule has 0 bridgehead atoms. The Bertz CT molecular complexity index is 2000. The van der Waals surface area contributed by atoms with Gasteiger partial charge in [-0.1, -0.05) is 47.1 Å². The first-order valence-corrected chi connectivity index (χ1v) is 27.2. The molecular formula is C48H79N11O12S2. The van der Waals surface area contributed by atoms with E-state index in [4.69, 9.17) is 16.5 Å². The van der Waals surface area contributed by atoms with Crippen LogP contribution in [0.4, 0.5) is 0 Å². The Labute approximate surface area is 437 Å². The second-order valence-electron chi connectivity index (χ2n) is 19.4. The SMILES string of the molecule is CC[C@H](C)[C@H](C)C(=O)N[C@@H](CSCc1cccc(CSCCC(=O)NC2(C(=O)NC(CC(C)C)C(N)=O)CCN(C(=O)CN3CCN(CC(=O)O)CCN(CC(=O)O)CCN(CC(=O)O)CC3)CC2)n1)C(N)=O. The maximum Gasteiger partial charge on any atom is 0.317 e. The van der Waals surface area contributed by atoms with E-state index in [1.807, 2.05) is 57.7 Å². The topological polar surface area (TPSA) is 332 Å². The van der Waals surface area contributed by atoms with Crippen molar-refractivity contribution in [3.8, 4) is 0 Å². The van der Waals surface area contributed by atoms with Crippen LogP contribution in [-0.2, 0) is 54.7 Å². The van der Waals surface area contributed by atoms with Crippen molar-refractivity contribution in [1.82, 2.24) is 45.4 Å². The lowest BCUT2D eigenvalue weighted by molar-refractivity contribution is -0.142. The maximum atomic E-state index is 14.2. The van der Waals surface area contributed by atoms with Crippen LogP contribution in [0.25, 0.3) is 0 Å². The summed E-state index contributed by atoms with van der Waals surface area (Å²) in [6.45, 7) is 10.6. The summed E-state index contributed by atoms with van der Waals surface area (Å²) >= 11 is 2.90. The molecule has 1 aromatic rings. The molecule has 0 aliphatic carbocycles. The summed E-state index contributed by atoms with van der Waals surface area (Å²) in [5.41, 5.74) is 11.4. The predicted molar refractivity (Wildman–Crippen MR) is 277 cm³/mol. The number of carbonyl (C=O) groups excluding carboxylic acids is 6. The number of aliphatic carboxylic acids is 3. The number of amides is 6. The van der Waals surface area contributed by atoms with Crippen molar-refractivity contribution in [3.05, 3.63) is 29.6 Å². The van der Waals surface area contributed by atoms with Crippen LogP contribution in [0.3, 0.4) is 0 Å². The minimum Gasteiger partial charge on any atom is -0.480 e. The molecule has 0 saturated carbocycles. The Kier molecular flexibility index (Phi) is 26.9. The number of thioether (sulfide) groups is 2. The number of nitrogens with one attached hydrogen (secondary N) is 3. The van der Waals surface area contributed by atoms with Gasteiger partial charge in [0.1, 0.15) is 17.6 Å². The zero-order valence-electron chi connectivity index (χ0n) is 43.1. The number of hydrogen-bond donors (Lipinski definition) is 8. The number of hydrogen-bond acceptors (Lipinski definition) is 16. The molecule has 0 spiro atoms. The number of carbonyl (C=O) groups is 9. The predicted octanol–water partition coefficient (Wildman–Crippen LogP) is -0.441. The van der Waals surface area contributed by atoms with E-state index in [1.54, 1.807) is 19.6 Å². The van der Waals surface area contributed by atoms with Crippen molar-refractivity contribution in [3.63, 3.8) is 0 Å². The number of piperidine rings is 1. The highest BCUT2D eigenvalue weighted by Gasteiger charge is 2.45. The second kappa shape index (κ2) is 31.6. The quantitative estimate of drug-likeness (QED) is 0.0493. The number of pyridine rings is 1. The molecule has 3 rings (SSSR count). The van der Waals surface area contributed by atoms with Crippen LogP contribution in [0.2, 0.25) is 0 Å². The van der Waals surface area contributed by atoms with Crippen LogP contribution in [0.15, 0.2) is 18.2 Å². The summed E-state index contributed by atoms with van der Waals surface area (Å²) in [7, 11) is 0. The first kappa shape index (κ1) is 62.2. The third kappa shape index (κ3) is 22.9. The average molecular weight is 1070 g/mol. The molecule has 2 saturated heterocycles. The summed E-state index contributed by atoms with van der Waals surface area (Å²) < 4.78 is 0. The number of carboxylic acids is 3. The molecule has 0 radical (unpaired) electrons. The summed E-state index contributed by atoms with van der Waals surface area (Å²) in [5.74, 6) is -4.51. The molecule has 23 nitrogen and oxygen atoms in total. The first-order chi connectivity index (χ1) is 34.5. The number of likely N-dealkylation sites (tertiary alicyclic amines) is 1. The molecule has 6 amide bonds. The fourth-order valence-corrected chi connectivity index (χ4v) is 10.2. The molecule has 10 N–H and O–H groups in total. The lowest BCUT2D eigenvalue weighted by Gasteiger charge is -2.42. The zero-order valence-corrected chi connectivity index (χ0v) is 44.7. The monoisotopic (exact) mass is 1070 g/mol. The smallest absolute Gasteiger partial charge is 0.317 e. The van der Waals surface area contributed by atoms with Gasteiger partial charge >= 0.3 is 17.9 Å². The van der Waals surface area contributed by atoms with E-state index >= 15 is 0 Å². The van der Waals surface area contributed by atoms with Crippen molar-refractivity contribution >= 4 is 76.9 Å². The Morgan fingerprint density at radius 1 is 0.671 bits per heavy atom. The van der Waals surface area contributed by atoms with E-state index in [1.165, 1.54) is 23.5 Å². The number of carboxylic acid groups (broad SMARTS) is 3. The summed E-state index contributed by atoms with van der Waals surface area (Å²) in [4.78, 5) is 127. The molecule has 2 aliphatic rings. The second-order valence-corrected chi connectivity index (χ2v) is 21.6. The van der Waals surface area contributed by atoms with E-state index in [-0.39, 0.29) is 153 Å². The minimum atomic E-state index is -1.48. The molecular weight excluding hydrogens is 987 g/mol. The Morgan fingerprint density at radius 2 is 1.14 bits per heavy atom. The fraction of sp³-hybridized carbons (Fsp3) is 0.708. The lowest BCUT2D eigenvalue weighted by Crippen LogP contribution is -2.66. The number of rotatable bonds is 28. The zero-order chi connectivity index (χ0) is 54.3. The van der Waals surface area contributed by atoms with Crippen LogP contribution in [0.5, 0.6) is 0 Å². The van der Waals surface area contributed by atoms with E-state index < -0.39 is 59.2 Å². The van der Waals surface area contributed by atoms with Gasteiger partial charge in [-0.15, -0.1) is 0 Å². The third-order valence-corrected chi connectivity index (χ3v) is 15.3. The Hall–Kier alpha value is -5.08. The highest BCUT2D eigenvalue weighted by atomic mass is 32.2. The maximum absolute atomic E-state index is 14.2. The van der Waals surface area contributed by atoms with E-state index in [0.29, 0.717) is 17.3 Å². The van der Waals surface area contributed by atoms with Gasteiger partial charge in [-0.2, -0.15) is 23.5 Å². The molecule has 25 heteroatoms. The van der Waals surface area contributed by atoms with Crippen molar-refractivity contribution in [2.75, 3.05) is 103 Å². The van der Waals surface area contributed by atoms with Crippen molar-refractivity contribution in [2.24, 2.45) is 29.2 Å². The summed E-state index contributed by atoms with van der Waals surface area (Å²) in [5, 5.41) is 37.2. The molecule has 410 valence electrons. The Balaban J connectivity index is 1.67. The van der Waals surface area contributed by atoms with Crippen LogP contribution in [0, 0.1) is 17.8 Å². The number of nitrogens with zero attached hydrogens (tertiary/aromatic N) is 6. The van der Waals surface area contributed by atoms with Gasteiger partial charge in [-0.3, -0.25) is 67.7 Å². The molecule has 2 fully saturated rings. The van der Waals surface area contributed by atoms with E-state index in [9.17, 15) is 58.5 Å². The van der Waals surface area contributed by atoms with Gasteiger partial charge in [0, 0.05) is 101 Å². The number of primary amides is 2. The van der Waals surface area contributed by atoms with Gasteiger partial charge in [0.2, 0.25) is 35.4 Å².